The van der Waals surface area contributed by atoms with Gasteiger partial charge in [-0.3, -0.25) is 74.8 Å². The second-order valence-corrected chi connectivity index (χ2v) is 19.6. The van der Waals surface area contributed by atoms with E-state index in [2.05, 4.69) is 31.0 Å². The maximum atomic E-state index is 11.8. The molecule has 0 bridgehead atoms. The molecule has 39 heteroatoms. The van der Waals surface area contributed by atoms with Crippen LogP contribution in [0.25, 0.3) is 50.6 Å². The third-order valence-electron chi connectivity index (χ3n) is 13.1. The number of nitro groups is 4. The van der Waals surface area contributed by atoms with E-state index in [-0.39, 0.29) is 84.5 Å². The zero-order valence-electron chi connectivity index (χ0n) is 49.6. The van der Waals surface area contributed by atoms with Gasteiger partial charge < -0.3 is 33.1 Å². The van der Waals surface area contributed by atoms with Crippen molar-refractivity contribution in [2.45, 2.75) is 0 Å². The van der Waals surface area contributed by atoms with Crippen LogP contribution in [0.5, 0.6) is 0 Å². The zero-order valence-corrected chi connectivity index (χ0v) is 52.4. The number of nitrogens with zero attached hydrogens (tertiary/aromatic N) is 15. The predicted octanol–water partition coefficient (Wildman–Crippen LogP) is 5.32. The summed E-state index contributed by atoms with van der Waals surface area (Å²) < 4.78 is 22.2. The van der Waals surface area contributed by atoms with Crippen molar-refractivity contribution < 1.29 is 110 Å². The number of aliphatic hydroxyl groups is 1. The van der Waals surface area contributed by atoms with E-state index in [1.165, 1.54) is 73.4 Å². The van der Waals surface area contributed by atoms with Crippen molar-refractivity contribution in [1.82, 2.24) is 35.2 Å². The van der Waals surface area contributed by atoms with Crippen molar-refractivity contribution in [3.05, 3.63) is 214 Å². The van der Waals surface area contributed by atoms with E-state index >= 15 is 0 Å². The number of furan rings is 4. The molecule has 0 saturated carbocycles. The minimum Gasteiger partial charge on any atom is -0.455 e. The van der Waals surface area contributed by atoms with Crippen molar-refractivity contribution in [2.24, 2.45) is 20.4 Å². The van der Waals surface area contributed by atoms with Crippen LogP contribution in [0.1, 0.15) is 23.0 Å². The van der Waals surface area contributed by atoms with E-state index in [0.717, 1.165) is 24.9 Å². The summed E-state index contributed by atoms with van der Waals surface area (Å²) in [5.74, 6) is 1.46. The van der Waals surface area contributed by atoms with Gasteiger partial charge in [-0.05, 0) is 97.1 Å². The van der Waals surface area contributed by atoms with Gasteiger partial charge in [-0.2, -0.15) is 15.3 Å². The van der Waals surface area contributed by atoms with Gasteiger partial charge in [0.25, 0.3) is 34.6 Å². The number of amides is 12. The molecule has 12 rings (SSSR count). The first kappa shape index (κ1) is 70.2. The minimum atomic E-state index is -0.717. The number of hydrogen-bond donors (Lipinski definition) is 2. The largest absolute Gasteiger partial charge is 1.00 e. The normalized spacial score (nSPS) is 14.5. The van der Waals surface area contributed by atoms with Gasteiger partial charge in [-0.1, -0.05) is 0 Å². The summed E-state index contributed by atoms with van der Waals surface area (Å²) in [5.41, 5.74) is 2.58. The number of carbonyl (C=O) groups is 8. The summed E-state index contributed by atoms with van der Waals surface area (Å²) in [6.07, 6.45) is 5.17. The van der Waals surface area contributed by atoms with Crippen LogP contribution in [-0.2, 0) is 19.2 Å². The first-order valence-corrected chi connectivity index (χ1v) is 27.7. The molecule has 488 valence electrons. The number of benzene rings is 4. The van der Waals surface area contributed by atoms with Crippen molar-refractivity contribution in [1.29, 1.82) is 0 Å². The average molecular weight is 1360 g/mol. The second kappa shape index (κ2) is 31.7. The fraction of sp³-hybridized carbons (Fsp3) is 0.103. The first-order chi connectivity index (χ1) is 46.0. The van der Waals surface area contributed by atoms with Gasteiger partial charge in [0.05, 0.1) is 44.6 Å². The molecule has 97 heavy (non-hydrogen) atoms. The molecule has 8 heterocycles. The van der Waals surface area contributed by atoms with Gasteiger partial charge in [0.1, 0.15) is 78.5 Å². The Balaban J connectivity index is 0.000000165. The van der Waals surface area contributed by atoms with Gasteiger partial charge in [0, 0.05) is 77.3 Å². The number of imide groups is 4. The monoisotopic (exact) mass is 1360 g/mol. The molecular formula is C58H42ClN16NaO21. The van der Waals surface area contributed by atoms with Gasteiger partial charge >= 0.3 is 47.7 Å². The summed E-state index contributed by atoms with van der Waals surface area (Å²) >= 11 is 5.53. The van der Waals surface area contributed by atoms with Crippen molar-refractivity contribution in [3.63, 3.8) is 0 Å². The number of aliphatic hydroxyl groups excluding tert-OH is 1. The van der Waals surface area contributed by atoms with Gasteiger partial charge in [-0.25, -0.2) is 39.2 Å². The predicted molar refractivity (Wildman–Crippen MR) is 330 cm³/mol. The Morgan fingerprint density at radius 1 is 0.443 bits per heavy atom. The van der Waals surface area contributed by atoms with Crippen molar-refractivity contribution >= 4 is 107 Å². The summed E-state index contributed by atoms with van der Waals surface area (Å²) in [4.78, 5) is 133. The maximum absolute atomic E-state index is 11.8. The molecule has 12 amide bonds. The average Bonchev–Trinajstić information content (AvgIpc) is 1.69. The van der Waals surface area contributed by atoms with Gasteiger partial charge in [0.2, 0.25) is 5.91 Å². The van der Waals surface area contributed by atoms with Crippen LogP contribution in [0.4, 0.5) is 41.9 Å². The third kappa shape index (κ3) is 17.9. The Morgan fingerprint density at radius 3 is 1.01 bits per heavy atom. The molecule has 8 aromatic rings. The Morgan fingerprint density at radius 2 is 0.753 bits per heavy atom. The number of rotatable bonds is 18. The second-order valence-electron chi connectivity index (χ2n) is 19.3. The fourth-order valence-electron chi connectivity index (χ4n) is 8.31. The zero-order chi connectivity index (χ0) is 68.7. The Labute approximate surface area is 568 Å². The fourth-order valence-corrected chi connectivity index (χ4v) is 8.54. The van der Waals surface area contributed by atoms with Crippen LogP contribution in [0.3, 0.4) is 0 Å². The van der Waals surface area contributed by atoms with Crippen LogP contribution in [0.15, 0.2) is 184 Å². The number of non-ortho nitro benzene ring substituents is 4. The molecule has 37 nitrogen and oxygen atoms in total. The molecular weight excluding hydrogens is 1320 g/mol. The minimum absolute atomic E-state index is 0. The molecule has 4 fully saturated rings. The SMILES string of the molecule is O=C1CN(/N=C/c2ccc(-c3ccc([N+](=O)[O-])cc3)o2)C(=O)N1.O=C1CN(/N=C/c2ccc(-c3ccc([N+](=O)[O-])cc3)o2)C(=O)N1CCl.O=C1CN(/N=C/c2ccc(-c3ccc([N+](=O)[O-])cc3)o2)C(=O)N1CO.O=C1CN(/N=C/c2ccc(-c3ccc([N+](=O)[O-])cc3)o2)C(=O)[N-]1.[Na+]. The van der Waals surface area contributed by atoms with E-state index in [4.69, 9.17) is 34.4 Å². The molecule has 0 aliphatic carbocycles. The Bertz CT molecular complexity index is 4190. The molecule has 0 unspecified atom stereocenters. The number of nitrogens with one attached hydrogen (secondary N) is 1. The van der Waals surface area contributed by atoms with Crippen LogP contribution in [0.2, 0.25) is 0 Å². The van der Waals surface area contributed by atoms with Crippen LogP contribution in [-0.4, -0.2) is 166 Å². The molecule has 4 aromatic heterocycles. The van der Waals surface area contributed by atoms with Gasteiger partial charge in [-0.15, -0.1) is 11.6 Å². The number of nitro benzene ring substituents is 4. The first-order valence-electron chi connectivity index (χ1n) is 27.2. The summed E-state index contributed by atoms with van der Waals surface area (Å²) in [7, 11) is 0. The van der Waals surface area contributed by atoms with Crippen LogP contribution < -0.4 is 34.9 Å². The molecule has 4 saturated heterocycles. The molecule has 4 aliphatic heterocycles. The molecule has 0 atom stereocenters. The summed E-state index contributed by atoms with van der Waals surface area (Å²) in [6.45, 7) is -1.46. The summed E-state index contributed by atoms with van der Waals surface area (Å²) in [6, 6.07) is 33.8. The smallest absolute Gasteiger partial charge is 0.455 e. The van der Waals surface area contributed by atoms with Gasteiger partial charge in [0.15, 0.2) is 11.9 Å². The number of alkyl halides is 1. The molecule has 0 spiro atoms. The molecule has 4 aliphatic rings. The molecule has 4 aromatic carbocycles. The van der Waals surface area contributed by atoms with E-state index in [9.17, 15) is 78.8 Å². The van der Waals surface area contributed by atoms with Crippen LogP contribution >= 0.6 is 11.6 Å². The third-order valence-corrected chi connectivity index (χ3v) is 13.3. The topological polar surface area (TPSA) is 477 Å². The van der Waals surface area contributed by atoms with E-state index < -0.39 is 74.2 Å². The Hall–Kier alpha value is -12.7. The van der Waals surface area contributed by atoms with E-state index in [1.807, 2.05) is 0 Å². The van der Waals surface area contributed by atoms with Crippen LogP contribution in [0, 0.1) is 40.5 Å². The number of hydrazone groups is 4. The van der Waals surface area contributed by atoms with E-state index in [0.29, 0.717) is 73.2 Å². The quantitative estimate of drug-likeness (QED) is 0.0209. The van der Waals surface area contributed by atoms with Crippen molar-refractivity contribution in [2.75, 3.05) is 38.9 Å². The van der Waals surface area contributed by atoms with Crippen molar-refractivity contribution in [3.8, 4) is 45.3 Å². The maximum Gasteiger partial charge on any atom is 1.00 e. The number of urea groups is 4. The Kier molecular flexibility index (Phi) is 23.0. The number of halogens is 1. The summed E-state index contributed by atoms with van der Waals surface area (Å²) in [5, 5.41) is 76.1. The van der Waals surface area contributed by atoms with E-state index in [1.54, 1.807) is 97.1 Å². The number of carbonyl (C=O) groups excluding carboxylic acids is 8. The number of hydrogen-bond acceptors (Lipinski definition) is 25. The molecule has 2 N–H and O–H groups in total. The standard InChI is InChI=1S/C15H11ClN4O5.C15H12N4O6.2C14H10N4O5.Na/c16-9-18-14(21)8-19(15(18)22)17-7-12-5-6-13(25-12)10-1-3-11(4-2-10)20(23)24;20-9-17-14(21)8-18(15(17)22)16-7-12-5-6-13(25-12)10-1-3-11(4-2-10)19(23)24;2*19-13-8-17(14(20)16-13)15-7-11-5-6-12(23-11)9-1-3-10(4-2-9)18(21)22;/h1-7H,8-9H2;1-7,20H,8-9H2;2*1-7H,8H2,(H,16,19,20);/q;;;;+1/p-1/b17-7+;16-7+;2*15-7+;. The molecule has 0 radical (unpaired) electrons.